The third-order valence-corrected chi connectivity index (χ3v) is 4.33. The van der Waals surface area contributed by atoms with E-state index in [1.807, 2.05) is 47.9 Å². The molecule has 2 aromatic carbocycles. The topological polar surface area (TPSA) is 105 Å². The van der Waals surface area contributed by atoms with Gasteiger partial charge in [0.2, 0.25) is 0 Å². The number of carbonyl (C=O) groups is 3. The molecule has 3 rings (SSSR count). The van der Waals surface area contributed by atoms with Crippen molar-refractivity contribution >= 4 is 28.5 Å². The molecule has 1 heterocycles. The Morgan fingerprint density at radius 1 is 0.962 bits per heavy atom. The van der Waals surface area contributed by atoms with Gasteiger partial charge in [-0.25, -0.2) is 5.84 Å². The molecule has 0 atom stereocenters. The molecule has 1 saturated heterocycles. The molecule has 0 bridgehead atoms. The summed E-state index contributed by atoms with van der Waals surface area (Å²) in [6.07, 6.45) is 0. The van der Waals surface area contributed by atoms with E-state index < -0.39 is 11.8 Å². The van der Waals surface area contributed by atoms with Gasteiger partial charge >= 0.3 is 11.8 Å². The van der Waals surface area contributed by atoms with E-state index in [1.54, 1.807) is 4.90 Å². The quantitative estimate of drug-likeness (QED) is 0.345. The van der Waals surface area contributed by atoms with E-state index in [2.05, 4.69) is 0 Å². The average Bonchev–Trinajstić information content (AvgIpc) is 2.70. The van der Waals surface area contributed by atoms with Crippen molar-refractivity contribution in [3.05, 3.63) is 42.5 Å². The molecule has 0 aromatic heterocycles. The molecule has 1 aliphatic heterocycles. The fourth-order valence-electron chi connectivity index (χ4n) is 2.86. The van der Waals surface area contributed by atoms with E-state index in [1.165, 1.54) is 4.90 Å². The van der Waals surface area contributed by atoms with Crippen LogP contribution in [0, 0.1) is 0 Å². The van der Waals surface area contributed by atoms with Crippen LogP contribution >= 0.6 is 0 Å². The number of rotatable bonds is 3. The number of hydrazine groups is 1. The van der Waals surface area contributed by atoms with Crippen molar-refractivity contribution in [3.8, 4) is 5.75 Å². The molecule has 26 heavy (non-hydrogen) atoms. The van der Waals surface area contributed by atoms with Crippen molar-refractivity contribution in [1.82, 2.24) is 15.2 Å². The number of ether oxygens (including phenoxy) is 1. The van der Waals surface area contributed by atoms with Crippen LogP contribution in [0.25, 0.3) is 10.8 Å². The summed E-state index contributed by atoms with van der Waals surface area (Å²) in [5.41, 5.74) is 1.82. The number of hydrogen-bond donors (Lipinski definition) is 2. The highest BCUT2D eigenvalue weighted by Crippen LogP contribution is 2.20. The van der Waals surface area contributed by atoms with Gasteiger partial charge in [0, 0.05) is 26.2 Å². The summed E-state index contributed by atoms with van der Waals surface area (Å²) in [7, 11) is 0. The SMILES string of the molecule is NNC(=O)C(=O)N1CCN(C(=O)COc2ccc3ccccc3c2)CC1. The fourth-order valence-corrected chi connectivity index (χ4v) is 2.86. The lowest BCUT2D eigenvalue weighted by molar-refractivity contribution is -0.148. The summed E-state index contributed by atoms with van der Waals surface area (Å²) in [6.45, 7) is 1.20. The second-order valence-corrected chi connectivity index (χ2v) is 5.94. The number of hydrogen-bond acceptors (Lipinski definition) is 5. The van der Waals surface area contributed by atoms with Crippen LogP contribution in [0.3, 0.4) is 0 Å². The van der Waals surface area contributed by atoms with Crippen molar-refractivity contribution in [3.63, 3.8) is 0 Å². The minimum absolute atomic E-state index is 0.0738. The standard InChI is InChI=1S/C18H20N4O4/c19-20-17(24)18(25)22-9-7-21(8-10-22)16(23)12-26-15-6-5-13-3-1-2-4-14(13)11-15/h1-6,11H,7-10,12,19H2,(H,20,24). The smallest absolute Gasteiger partial charge is 0.323 e. The minimum atomic E-state index is -0.857. The second-order valence-electron chi connectivity index (χ2n) is 5.94. The van der Waals surface area contributed by atoms with Crippen LogP contribution in [0.15, 0.2) is 42.5 Å². The van der Waals surface area contributed by atoms with Gasteiger partial charge in [-0.15, -0.1) is 0 Å². The van der Waals surface area contributed by atoms with Gasteiger partial charge in [0.05, 0.1) is 0 Å². The molecular weight excluding hydrogens is 336 g/mol. The third kappa shape index (κ3) is 3.92. The third-order valence-electron chi connectivity index (χ3n) is 4.33. The number of carbonyl (C=O) groups excluding carboxylic acids is 3. The zero-order valence-corrected chi connectivity index (χ0v) is 14.2. The summed E-state index contributed by atoms with van der Waals surface area (Å²) in [5.74, 6) is 3.88. The van der Waals surface area contributed by atoms with Crippen molar-refractivity contribution in [2.45, 2.75) is 0 Å². The number of amides is 3. The second kappa shape index (κ2) is 7.83. The predicted molar refractivity (Wildman–Crippen MR) is 94.9 cm³/mol. The molecule has 0 aliphatic carbocycles. The zero-order valence-electron chi connectivity index (χ0n) is 14.2. The Labute approximate surface area is 150 Å². The number of nitrogens with zero attached hydrogens (tertiary/aromatic N) is 2. The maximum Gasteiger partial charge on any atom is 0.323 e. The minimum Gasteiger partial charge on any atom is -0.484 e. The number of piperazine rings is 1. The molecule has 0 spiro atoms. The molecule has 1 aliphatic rings. The van der Waals surface area contributed by atoms with Crippen LogP contribution in [0.4, 0.5) is 0 Å². The Bertz CT molecular complexity index is 831. The van der Waals surface area contributed by atoms with Gasteiger partial charge in [0.1, 0.15) is 5.75 Å². The Hall–Kier alpha value is -3.13. The van der Waals surface area contributed by atoms with Gasteiger partial charge < -0.3 is 14.5 Å². The molecule has 0 saturated carbocycles. The maximum absolute atomic E-state index is 12.3. The van der Waals surface area contributed by atoms with E-state index in [-0.39, 0.29) is 25.6 Å². The highest BCUT2D eigenvalue weighted by atomic mass is 16.5. The summed E-state index contributed by atoms with van der Waals surface area (Å²) in [6, 6.07) is 13.6. The van der Waals surface area contributed by atoms with Crippen LogP contribution in [-0.4, -0.2) is 60.3 Å². The number of benzene rings is 2. The van der Waals surface area contributed by atoms with Gasteiger partial charge in [-0.05, 0) is 22.9 Å². The van der Waals surface area contributed by atoms with Crippen LogP contribution in [0.2, 0.25) is 0 Å². The predicted octanol–water partition coefficient (Wildman–Crippen LogP) is -0.121. The zero-order chi connectivity index (χ0) is 18.5. The lowest BCUT2D eigenvalue weighted by atomic mass is 10.1. The van der Waals surface area contributed by atoms with Crippen LogP contribution < -0.4 is 16.0 Å². The molecule has 1 fully saturated rings. The first-order chi connectivity index (χ1) is 12.6. The molecule has 8 nitrogen and oxygen atoms in total. The monoisotopic (exact) mass is 356 g/mol. The van der Waals surface area contributed by atoms with Crippen molar-refractivity contribution in [1.29, 1.82) is 0 Å². The lowest BCUT2D eigenvalue weighted by Crippen LogP contribution is -2.55. The van der Waals surface area contributed by atoms with Crippen LogP contribution in [-0.2, 0) is 14.4 Å². The lowest BCUT2D eigenvalue weighted by Gasteiger charge is -2.34. The Kier molecular flexibility index (Phi) is 5.33. The van der Waals surface area contributed by atoms with Crippen LogP contribution in [0.5, 0.6) is 5.75 Å². The molecule has 3 N–H and O–H groups in total. The summed E-state index contributed by atoms with van der Waals surface area (Å²) >= 11 is 0. The van der Waals surface area contributed by atoms with Gasteiger partial charge in [0.15, 0.2) is 6.61 Å². The van der Waals surface area contributed by atoms with Gasteiger partial charge in [-0.3, -0.25) is 19.8 Å². The van der Waals surface area contributed by atoms with Crippen LogP contribution in [0.1, 0.15) is 0 Å². The summed E-state index contributed by atoms with van der Waals surface area (Å²) in [5, 5.41) is 2.15. The molecule has 3 amide bonds. The normalized spacial score (nSPS) is 14.2. The Morgan fingerprint density at radius 3 is 2.31 bits per heavy atom. The van der Waals surface area contributed by atoms with Gasteiger partial charge in [0.25, 0.3) is 5.91 Å². The number of fused-ring (bicyclic) bond motifs is 1. The highest BCUT2D eigenvalue weighted by molar-refractivity contribution is 6.34. The summed E-state index contributed by atoms with van der Waals surface area (Å²) < 4.78 is 5.61. The molecule has 0 radical (unpaired) electrons. The molecule has 8 heteroatoms. The summed E-state index contributed by atoms with van der Waals surface area (Å²) in [4.78, 5) is 38.3. The van der Waals surface area contributed by atoms with E-state index in [0.29, 0.717) is 18.8 Å². The first-order valence-electron chi connectivity index (χ1n) is 8.27. The Morgan fingerprint density at radius 2 is 1.62 bits per heavy atom. The van der Waals surface area contributed by atoms with Gasteiger partial charge in [-0.1, -0.05) is 30.3 Å². The average molecular weight is 356 g/mol. The largest absolute Gasteiger partial charge is 0.484 e. The maximum atomic E-state index is 12.3. The molecule has 136 valence electrons. The Balaban J connectivity index is 1.51. The van der Waals surface area contributed by atoms with E-state index >= 15 is 0 Å². The van der Waals surface area contributed by atoms with Crippen molar-refractivity contribution in [2.24, 2.45) is 5.84 Å². The van der Waals surface area contributed by atoms with E-state index in [4.69, 9.17) is 10.6 Å². The molecule has 2 aromatic rings. The fraction of sp³-hybridized carbons (Fsp3) is 0.278. The number of nitrogens with two attached hydrogens (primary N) is 1. The first-order valence-corrected chi connectivity index (χ1v) is 8.27. The molecule has 0 unspecified atom stereocenters. The van der Waals surface area contributed by atoms with Gasteiger partial charge in [-0.2, -0.15) is 0 Å². The number of nitrogens with one attached hydrogen (secondary N) is 1. The first kappa shape index (κ1) is 17.7. The van der Waals surface area contributed by atoms with E-state index in [9.17, 15) is 14.4 Å². The van der Waals surface area contributed by atoms with E-state index in [0.717, 1.165) is 10.8 Å². The highest BCUT2D eigenvalue weighted by Gasteiger charge is 2.27. The molecular formula is C18H20N4O4. The van der Waals surface area contributed by atoms with Crippen molar-refractivity contribution in [2.75, 3.05) is 32.8 Å². The van der Waals surface area contributed by atoms with Crippen molar-refractivity contribution < 1.29 is 19.1 Å².